The molecular weight excluding hydrogens is 306 g/mol. The molecule has 23 heavy (non-hydrogen) atoms. The number of esters is 1. The van der Waals surface area contributed by atoms with Gasteiger partial charge >= 0.3 is 5.97 Å². The maximum atomic E-state index is 12.5. The lowest BCUT2D eigenvalue weighted by atomic mass is 9.75. The van der Waals surface area contributed by atoms with Crippen molar-refractivity contribution in [2.24, 2.45) is 17.8 Å². The number of hydrogen-bond donors (Lipinski definition) is 0. The van der Waals surface area contributed by atoms with Crippen LogP contribution in [0.2, 0.25) is 0 Å². The SMILES string of the molecule is CC(C)[C@H]1CC[C@H](C)C[C@H]1OC(=O)C[n+]1csc2ccccc21. The summed E-state index contributed by atoms with van der Waals surface area (Å²) in [6.07, 6.45) is 3.51. The predicted molar refractivity (Wildman–Crippen MR) is 93.2 cm³/mol. The summed E-state index contributed by atoms with van der Waals surface area (Å²) in [5, 5.41) is 0. The average Bonchev–Trinajstić information content (AvgIpc) is 2.90. The van der Waals surface area contributed by atoms with Crippen molar-refractivity contribution in [2.75, 3.05) is 0 Å². The van der Waals surface area contributed by atoms with Crippen LogP contribution in [-0.2, 0) is 16.1 Å². The second-order valence-corrected chi connectivity index (χ2v) is 8.06. The number of carbonyl (C=O) groups excluding carboxylic acids is 1. The van der Waals surface area contributed by atoms with Crippen molar-refractivity contribution in [3.05, 3.63) is 29.8 Å². The molecule has 1 heterocycles. The van der Waals surface area contributed by atoms with Gasteiger partial charge in [-0.2, -0.15) is 4.57 Å². The summed E-state index contributed by atoms with van der Waals surface area (Å²) in [7, 11) is 0. The van der Waals surface area contributed by atoms with E-state index in [1.54, 1.807) is 11.3 Å². The lowest BCUT2D eigenvalue weighted by molar-refractivity contribution is -0.656. The molecule has 0 bridgehead atoms. The van der Waals surface area contributed by atoms with Crippen LogP contribution in [0.25, 0.3) is 10.2 Å². The highest BCUT2D eigenvalue weighted by molar-refractivity contribution is 7.16. The van der Waals surface area contributed by atoms with Crippen LogP contribution in [0.15, 0.2) is 29.8 Å². The van der Waals surface area contributed by atoms with E-state index in [1.165, 1.54) is 17.5 Å². The maximum absolute atomic E-state index is 12.5. The van der Waals surface area contributed by atoms with E-state index in [1.807, 2.05) is 22.2 Å². The van der Waals surface area contributed by atoms with Gasteiger partial charge in [-0.05, 0) is 36.7 Å². The summed E-state index contributed by atoms with van der Waals surface area (Å²) in [4.78, 5) is 12.5. The Hall–Kier alpha value is -1.42. The molecule has 3 atom stereocenters. The molecule has 124 valence electrons. The highest BCUT2D eigenvalue weighted by Crippen LogP contribution is 2.35. The zero-order valence-electron chi connectivity index (χ0n) is 14.2. The van der Waals surface area contributed by atoms with Crippen molar-refractivity contribution in [2.45, 2.75) is 52.7 Å². The quantitative estimate of drug-likeness (QED) is 0.621. The molecule has 0 unspecified atom stereocenters. The van der Waals surface area contributed by atoms with Crippen LogP contribution in [-0.4, -0.2) is 12.1 Å². The van der Waals surface area contributed by atoms with E-state index in [9.17, 15) is 4.79 Å². The molecule has 1 aliphatic rings. The van der Waals surface area contributed by atoms with Crippen molar-refractivity contribution in [1.29, 1.82) is 0 Å². The predicted octanol–water partition coefficient (Wildman–Crippen LogP) is 4.19. The van der Waals surface area contributed by atoms with Crippen LogP contribution < -0.4 is 4.57 Å². The van der Waals surface area contributed by atoms with Gasteiger partial charge in [-0.15, -0.1) is 0 Å². The van der Waals surface area contributed by atoms with E-state index >= 15 is 0 Å². The molecule has 0 saturated heterocycles. The highest BCUT2D eigenvalue weighted by Gasteiger charge is 2.34. The molecule has 0 radical (unpaired) electrons. The van der Waals surface area contributed by atoms with Gasteiger partial charge in [0.15, 0.2) is 0 Å². The van der Waals surface area contributed by atoms with Gasteiger partial charge in [-0.3, -0.25) is 0 Å². The number of fused-ring (bicyclic) bond motifs is 1. The zero-order chi connectivity index (χ0) is 16.4. The molecule has 0 amide bonds. The molecule has 0 N–H and O–H groups in total. The van der Waals surface area contributed by atoms with Crippen molar-refractivity contribution in [3.63, 3.8) is 0 Å². The fourth-order valence-corrected chi connectivity index (χ4v) is 4.58. The number of nitrogens with zero attached hydrogens (tertiary/aromatic N) is 1. The Labute approximate surface area is 142 Å². The van der Waals surface area contributed by atoms with Crippen LogP contribution in [0.3, 0.4) is 0 Å². The molecule has 1 fully saturated rings. The smallest absolute Gasteiger partial charge is 0.373 e. The van der Waals surface area contributed by atoms with Crippen molar-refractivity contribution >= 4 is 27.5 Å². The summed E-state index contributed by atoms with van der Waals surface area (Å²) >= 11 is 1.66. The third-order valence-electron chi connectivity index (χ3n) is 5.03. The number of ether oxygens (including phenoxy) is 1. The van der Waals surface area contributed by atoms with E-state index < -0.39 is 0 Å². The standard InChI is InChI=1S/C19H26NO2S/c1-13(2)15-9-8-14(3)10-17(15)22-19(21)11-20-12-23-18-7-5-4-6-16(18)20/h4-7,12-15,17H,8-11H2,1-3H3/q+1/t14-,15+,17+/m0/s1. The average molecular weight is 332 g/mol. The van der Waals surface area contributed by atoms with Crippen LogP contribution in [0.5, 0.6) is 0 Å². The lowest BCUT2D eigenvalue weighted by Crippen LogP contribution is -2.41. The molecule has 3 nitrogen and oxygen atoms in total. The minimum absolute atomic E-state index is 0.0803. The minimum Gasteiger partial charge on any atom is -0.457 e. The van der Waals surface area contributed by atoms with Crippen LogP contribution in [0, 0.1) is 17.8 Å². The fraction of sp³-hybridized carbons (Fsp3) is 0.579. The first-order chi connectivity index (χ1) is 11.0. The fourth-order valence-electron chi connectivity index (χ4n) is 3.69. The Balaban J connectivity index is 1.68. The molecule has 2 aromatic rings. The van der Waals surface area contributed by atoms with E-state index in [-0.39, 0.29) is 12.1 Å². The third kappa shape index (κ3) is 3.74. The first-order valence-corrected chi connectivity index (χ1v) is 9.47. The van der Waals surface area contributed by atoms with Gasteiger partial charge in [0.05, 0.1) is 0 Å². The number of rotatable bonds is 4. The van der Waals surface area contributed by atoms with Gasteiger partial charge in [-0.25, -0.2) is 4.79 Å². The lowest BCUT2D eigenvalue weighted by Gasteiger charge is -2.36. The van der Waals surface area contributed by atoms with Gasteiger partial charge < -0.3 is 4.74 Å². The van der Waals surface area contributed by atoms with Crippen molar-refractivity contribution in [1.82, 2.24) is 0 Å². The molecule has 3 rings (SSSR count). The Morgan fingerprint density at radius 3 is 2.91 bits per heavy atom. The summed E-state index contributed by atoms with van der Waals surface area (Å²) in [6, 6.07) is 8.17. The molecule has 4 heteroatoms. The molecule has 1 saturated carbocycles. The number of thiazole rings is 1. The Kier molecular flexibility index (Phi) is 5.00. The van der Waals surface area contributed by atoms with Crippen molar-refractivity contribution < 1.29 is 14.1 Å². The summed E-state index contributed by atoms with van der Waals surface area (Å²) < 4.78 is 9.10. The molecule has 1 aromatic heterocycles. The molecule has 1 aliphatic carbocycles. The van der Waals surface area contributed by atoms with E-state index in [0.717, 1.165) is 11.9 Å². The Morgan fingerprint density at radius 1 is 1.35 bits per heavy atom. The monoisotopic (exact) mass is 332 g/mol. The number of para-hydroxylation sites is 1. The van der Waals surface area contributed by atoms with E-state index in [2.05, 4.69) is 32.9 Å². The van der Waals surface area contributed by atoms with E-state index in [4.69, 9.17) is 4.74 Å². The molecular formula is C19H26NO2S+. The molecule has 0 spiro atoms. The highest BCUT2D eigenvalue weighted by atomic mass is 32.1. The van der Waals surface area contributed by atoms with Gasteiger partial charge in [0, 0.05) is 6.07 Å². The third-order valence-corrected chi connectivity index (χ3v) is 5.98. The van der Waals surface area contributed by atoms with Gasteiger partial charge in [-0.1, -0.05) is 50.7 Å². The Bertz CT molecular complexity index is 679. The maximum Gasteiger partial charge on any atom is 0.373 e. The molecule has 1 aromatic carbocycles. The van der Waals surface area contributed by atoms with Gasteiger partial charge in [0.25, 0.3) is 0 Å². The first-order valence-electron chi connectivity index (χ1n) is 8.59. The van der Waals surface area contributed by atoms with Crippen LogP contribution >= 0.6 is 11.3 Å². The second-order valence-electron chi connectivity index (χ2n) is 7.17. The topological polar surface area (TPSA) is 30.2 Å². The summed E-state index contributed by atoms with van der Waals surface area (Å²) in [5.74, 6) is 1.61. The van der Waals surface area contributed by atoms with Gasteiger partial charge in [0.2, 0.25) is 17.6 Å². The van der Waals surface area contributed by atoms with E-state index in [0.29, 0.717) is 24.3 Å². The Morgan fingerprint density at radius 2 is 2.13 bits per heavy atom. The summed E-state index contributed by atoms with van der Waals surface area (Å²) in [5.41, 5.74) is 3.11. The van der Waals surface area contributed by atoms with Crippen molar-refractivity contribution in [3.8, 4) is 0 Å². The van der Waals surface area contributed by atoms with Crippen LogP contribution in [0.4, 0.5) is 0 Å². The molecule has 0 aliphatic heterocycles. The number of carbonyl (C=O) groups is 1. The number of aromatic nitrogens is 1. The summed E-state index contributed by atoms with van der Waals surface area (Å²) in [6.45, 7) is 7.05. The second kappa shape index (κ2) is 7.00. The van der Waals surface area contributed by atoms with Gasteiger partial charge in [0.1, 0.15) is 10.8 Å². The first kappa shape index (κ1) is 16.4. The zero-order valence-corrected chi connectivity index (χ0v) is 15.0. The largest absolute Gasteiger partial charge is 0.457 e. The minimum atomic E-state index is -0.108. The van der Waals surface area contributed by atoms with Crippen LogP contribution in [0.1, 0.15) is 40.0 Å². The number of hydrogen-bond acceptors (Lipinski definition) is 3. The normalized spacial score (nSPS) is 25.0. The number of benzene rings is 1.